The summed E-state index contributed by atoms with van der Waals surface area (Å²) in [6, 6.07) is 4.35. The van der Waals surface area contributed by atoms with Gasteiger partial charge in [0.05, 0.1) is 7.11 Å². The first-order valence-corrected chi connectivity index (χ1v) is 6.51. The highest BCUT2D eigenvalue weighted by Gasteiger charge is 2.29. The molecule has 2 atom stereocenters. The number of rotatable bonds is 8. The molecular formula is C14H22O6. The summed E-state index contributed by atoms with van der Waals surface area (Å²) in [6.07, 6.45) is -3.38. The molecule has 0 saturated heterocycles. The Labute approximate surface area is 118 Å². The quantitative estimate of drug-likeness (QED) is 0.622. The van der Waals surface area contributed by atoms with E-state index in [0.29, 0.717) is 18.8 Å². The van der Waals surface area contributed by atoms with Gasteiger partial charge in [-0.25, -0.2) is 0 Å². The van der Waals surface area contributed by atoms with Crippen molar-refractivity contribution in [1.82, 2.24) is 0 Å². The molecule has 20 heavy (non-hydrogen) atoms. The Morgan fingerprint density at radius 1 is 1.10 bits per heavy atom. The first-order valence-electron chi connectivity index (χ1n) is 6.51. The Morgan fingerprint density at radius 3 is 2.20 bits per heavy atom. The summed E-state index contributed by atoms with van der Waals surface area (Å²) in [5, 5.41) is 29.8. The molecule has 0 bridgehead atoms. The Bertz CT molecular complexity index is 403. The molecule has 114 valence electrons. The number of aliphatic hydroxyl groups excluding tert-OH is 2. The third-order valence-corrected chi connectivity index (χ3v) is 2.81. The standard InChI is InChI=1S/C14H22O6/c1-4-19-14(20-5-2)13(17)12(16)9-6-7-10(15)11(8-9)18-3/h6-8,12-17H,4-5H2,1-3H3/t12-,13-/m0/s1. The van der Waals surface area contributed by atoms with Crippen LogP contribution in [0.1, 0.15) is 25.5 Å². The second-order valence-corrected chi connectivity index (χ2v) is 4.15. The van der Waals surface area contributed by atoms with Crippen LogP contribution >= 0.6 is 0 Å². The number of phenols is 1. The van der Waals surface area contributed by atoms with Gasteiger partial charge in [0, 0.05) is 13.2 Å². The maximum atomic E-state index is 10.2. The van der Waals surface area contributed by atoms with Crippen LogP contribution in [0.15, 0.2) is 18.2 Å². The lowest BCUT2D eigenvalue weighted by molar-refractivity contribution is -0.212. The molecule has 0 aliphatic carbocycles. The minimum atomic E-state index is -1.25. The van der Waals surface area contributed by atoms with Crippen molar-refractivity contribution < 1.29 is 29.5 Å². The van der Waals surface area contributed by atoms with Crippen molar-refractivity contribution in [3.05, 3.63) is 23.8 Å². The van der Waals surface area contributed by atoms with E-state index in [-0.39, 0.29) is 11.5 Å². The number of phenolic OH excluding ortho intramolecular Hbond substituents is 1. The van der Waals surface area contributed by atoms with Crippen LogP contribution in [0.2, 0.25) is 0 Å². The second kappa shape index (κ2) is 8.06. The number of aromatic hydroxyl groups is 1. The van der Waals surface area contributed by atoms with Gasteiger partial charge < -0.3 is 29.5 Å². The van der Waals surface area contributed by atoms with Crippen LogP contribution in [0.4, 0.5) is 0 Å². The average molecular weight is 286 g/mol. The molecule has 0 fully saturated rings. The van der Waals surface area contributed by atoms with Crippen LogP contribution in [0, 0.1) is 0 Å². The van der Waals surface area contributed by atoms with Gasteiger partial charge in [-0.15, -0.1) is 0 Å². The first kappa shape index (κ1) is 16.7. The zero-order chi connectivity index (χ0) is 15.1. The van der Waals surface area contributed by atoms with Crippen molar-refractivity contribution in [3.8, 4) is 11.5 Å². The average Bonchev–Trinajstić information content (AvgIpc) is 2.46. The summed E-state index contributed by atoms with van der Waals surface area (Å²) < 4.78 is 15.5. The molecule has 6 heteroatoms. The monoisotopic (exact) mass is 286 g/mol. The molecule has 0 aliphatic rings. The van der Waals surface area contributed by atoms with E-state index < -0.39 is 18.5 Å². The van der Waals surface area contributed by atoms with E-state index in [2.05, 4.69) is 0 Å². The Kier molecular flexibility index (Phi) is 6.74. The lowest BCUT2D eigenvalue weighted by Crippen LogP contribution is -2.36. The summed E-state index contributed by atoms with van der Waals surface area (Å²) >= 11 is 0. The van der Waals surface area contributed by atoms with Crippen molar-refractivity contribution in [3.63, 3.8) is 0 Å². The Balaban J connectivity index is 2.88. The SMILES string of the molecule is CCOC(OCC)[C@@H](O)[C@@H](O)c1ccc(O)c(OC)c1. The van der Waals surface area contributed by atoms with E-state index in [9.17, 15) is 15.3 Å². The van der Waals surface area contributed by atoms with E-state index in [0.717, 1.165) is 0 Å². The smallest absolute Gasteiger partial charge is 0.186 e. The molecule has 0 amide bonds. The van der Waals surface area contributed by atoms with Gasteiger partial charge in [-0.05, 0) is 31.5 Å². The molecule has 1 rings (SSSR count). The molecular weight excluding hydrogens is 264 g/mol. The van der Waals surface area contributed by atoms with Crippen LogP contribution in [-0.4, -0.2) is 48.0 Å². The predicted molar refractivity (Wildman–Crippen MR) is 72.7 cm³/mol. The summed E-state index contributed by atoms with van der Waals surface area (Å²) in [5.41, 5.74) is 0.400. The lowest BCUT2D eigenvalue weighted by Gasteiger charge is -2.26. The van der Waals surface area contributed by atoms with E-state index >= 15 is 0 Å². The van der Waals surface area contributed by atoms with Gasteiger partial charge in [-0.3, -0.25) is 0 Å². The van der Waals surface area contributed by atoms with Crippen LogP contribution in [0.25, 0.3) is 0 Å². The maximum absolute atomic E-state index is 10.2. The molecule has 0 spiro atoms. The van der Waals surface area contributed by atoms with E-state index in [1.807, 2.05) is 0 Å². The molecule has 0 radical (unpaired) electrons. The van der Waals surface area contributed by atoms with Crippen LogP contribution in [-0.2, 0) is 9.47 Å². The number of hydrogen-bond acceptors (Lipinski definition) is 6. The predicted octanol–water partition coefficient (Wildman–Crippen LogP) is 1.19. The molecule has 0 heterocycles. The highest BCUT2D eigenvalue weighted by atomic mass is 16.7. The minimum absolute atomic E-state index is 0.0379. The largest absolute Gasteiger partial charge is 0.504 e. The van der Waals surface area contributed by atoms with Crippen molar-refractivity contribution in [1.29, 1.82) is 0 Å². The third kappa shape index (κ3) is 4.08. The molecule has 1 aromatic carbocycles. The Hall–Kier alpha value is -1.34. The third-order valence-electron chi connectivity index (χ3n) is 2.81. The molecule has 0 aliphatic heterocycles. The fourth-order valence-electron chi connectivity index (χ4n) is 1.80. The van der Waals surface area contributed by atoms with Crippen molar-refractivity contribution in [2.24, 2.45) is 0 Å². The lowest BCUT2D eigenvalue weighted by atomic mass is 10.0. The van der Waals surface area contributed by atoms with Gasteiger partial charge in [0.25, 0.3) is 0 Å². The van der Waals surface area contributed by atoms with Gasteiger partial charge >= 0.3 is 0 Å². The van der Waals surface area contributed by atoms with E-state index in [1.165, 1.54) is 25.3 Å². The second-order valence-electron chi connectivity index (χ2n) is 4.15. The Morgan fingerprint density at radius 2 is 1.70 bits per heavy atom. The minimum Gasteiger partial charge on any atom is -0.504 e. The topological polar surface area (TPSA) is 88.4 Å². The number of benzene rings is 1. The molecule has 1 aromatic rings. The zero-order valence-electron chi connectivity index (χ0n) is 11.9. The fraction of sp³-hybridized carbons (Fsp3) is 0.571. The van der Waals surface area contributed by atoms with Crippen LogP contribution in [0.5, 0.6) is 11.5 Å². The van der Waals surface area contributed by atoms with Crippen molar-refractivity contribution in [2.45, 2.75) is 32.3 Å². The summed E-state index contributed by atoms with van der Waals surface area (Å²) in [5.74, 6) is 0.183. The number of methoxy groups -OCH3 is 1. The first-order chi connectivity index (χ1) is 9.54. The highest BCUT2D eigenvalue weighted by molar-refractivity contribution is 5.42. The molecule has 0 saturated carbocycles. The van der Waals surface area contributed by atoms with Crippen molar-refractivity contribution >= 4 is 0 Å². The van der Waals surface area contributed by atoms with E-state index in [1.54, 1.807) is 13.8 Å². The zero-order valence-corrected chi connectivity index (χ0v) is 11.9. The fourth-order valence-corrected chi connectivity index (χ4v) is 1.80. The van der Waals surface area contributed by atoms with Gasteiger partial charge in [-0.1, -0.05) is 6.07 Å². The van der Waals surface area contributed by atoms with Crippen LogP contribution in [0.3, 0.4) is 0 Å². The number of hydrogen-bond donors (Lipinski definition) is 3. The van der Waals surface area contributed by atoms with Crippen molar-refractivity contribution in [2.75, 3.05) is 20.3 Å². The summed E-state index contributed by atoms with van der Waals surface area (Å²) in [4.78, 5) is 0. The molecule has 6 nitrogen and oxygen atoms in total. The van der Waals surface area contributed by atoms with Gasteiger partial charge in [0.1, 0.15) is 12.2 Å². The van der Waals surface area contributed by atoms with Gasteiger partial charge in [0.2, 0.25) is 0 Å². The van der Waals surface area contributed by atoms with Crippen LogP contribution < -0.4 is 4.74 Å². The summed E-state index contributed by atoms with van der Waals surface area (Å²) in [7, 11) is 1.41. The normalized spacial score (nSPS) is 14.3. The van der Waals surface area contributed by atoms with Gasteiger partial charge in [0.15, 0.2) is 17.8 Å². The number of ether oxygens (including phenoxy) is 3. The summed E-state index contributed by atoms with van der Waals surface area (Å²) in [6.45, 7) is 4.25. The molecule has 3 N–H and O–H groups in total. The number of aliphatic hydroxyl groups is 2. The van der Waals surface area contributed by atoms with Gasteiger partial charge in [-0.2, -0.15) is 0 Å². The highest BCUT2D eigenvalue weighted by Crippen LogP contribution is 2.30. The molecule has 0 aromatic heterocycles. The van der Waals surface area contributed by atoms with E-state index in [4.69, 9.17) is 14.2 Å². The maximum Gasteiger partial charge on any atom is 0.186 e. The molecule has 0 unspecified atom stereocenters.